The average Bonchev–Trinajstić information content (AvgIpc) is 2.98. The van der Waals surface area contributed by atoms with Crippen LogP contribution < -0.4 is 4.90 Å². The van der Waals surface area contributed by atoms with Crippen molar-refractivity contribution in [1.82, 2.24) is 14.7 Å². The Labute approximate surface area is 151 Å². The summed E-state index contributed by atoms with van der Waals surface area (Å²) in [6.07, 6.45) is -0.752. The van der Waals surface area contributed by atoms with Crippen molar-refractivity contribution < 1.29 is 19.5 Å². The quantitative estimate of drug-likeness (QED) is 0.840. The zero-order valence-corrected chi connectivity index (χ0v) is 14.9. The van der Waals surface area contributed by atoms with Crippen LogP contribution in [-0.2, 0) is 9.59 Å². The van der Waals surface area contributed by atoms with E-state index in [1.807, 2.05) is 42.2 Å². The van der Waals surface area contributed by atoms with Gasteiger partial charge in [-0.25, -0.2) is 9.79 Å². The van der Waals surface area contributed by atoms with Gasteiger partial charge in [-0.05, 0) is 19.1 Å². The van der Waals surface area contributed by atoms with Crippen LogP contribution in [0.15, 0.2) is 35.3 Å². The SMILES string of the molecule is CCN(C1=NC2C(C(=O)N(C)C(=O)N2C)N1CC(=O)O)c1ccccc1. The van der Waals surface area contributed by atoms with Gasteiger partial charge in [0.15, 0.2) is 12.2 Å². The van der Waals surface area contributed by atoms with Crippen LogP contribution in [-0.4, -0.2) is 83.1 Å². The number of amides is 3. The number of imide groups is 1. The zero-order chi connectivity index (χ0) is 19.0. The molecule has 9 nitrogen and oxygen atoms in total. The van der Waals surface area contributed by atoms with E-state index in [0.717, 1.165) is 10.6 Å². The lowest BCUT2D eigenvalue weighted by molar-refractivity contribution is -0.141. The molecule has 0 spiro atoms. The molecule has 1 N–H and O–H groups in total. The molecule has 0 aliphatic carbocycles. The Hall–Kier alpha value is -3.10. The number of urea groups is 1. The van der Waals surface area contributed by atoms with Crippen LogP contribution in [0.4, 0.5) is 10.5 Å². The lowest BCUT2D eigenvalue weighted by Gasteiger charge is -2.40. The van der Waals surface area contributed by atoms with Gasteiger partial charge in [0.05, 0.1) is 0 Å². The molecule has 0 aromatic heterocycles. The molecule has 1 aromatic rings. The number of likely N-dealkylation sites (N-methyl/N-ethyl adjacent to an activating group) is 2. The first-order valence-electron chi connectivity index (χ1n) is 8.30. The third kappa shape index (κ3) is 2.75. The van der Waals surface area contributed by atoms with E-state index in [9.17, 15) is 19.5 Å². The summed E-state index contributed by atoms with van der Waals surface area (Å²) in [5, 5.41) is 9.36. The number of carboxylic acid groups (broad SMARTS) is 1. The molecule has 1 fully saturated rings. The number of guanidine groups is 1. The van der Waals surface area contributed by atoms with Crippen LogP contribution in [0.25, 0.3) is 0 Å². The summed E-state index contributed by atoms with van der Waals surface area (Å²) in [5.74, 6) is -1.15. The molecular formula is C17H21N5O4. The summed E-state index contributed by atoms with van der Waals surface area (Å²) in [6.45, 7) is 2.06. The minimum absolute atomic E-state index is 0.374. The number of hydrogen-bond acceptors (Lipinski definition) is 6. The fourth-order valence-corrected chi connectivity index (χ4v) is 3.34. The number of carbonyl (C=O) groups is 3. The van der Waals surface area contributed by atoms with Gasteiger partial charge in [-0.15, -0.1) is 0 Å². The van der Waals surface area contributed by atoms with E-state index < -0.39 is 30.1 Å². The Balaban J connectivity index is 2.06. The van der Waals surface area contributed by atoms with Gasteiger partial charge < -0.3 is 19.8 Å². The van der Waals surface area contributed by atoms with Crippen LogP contribution in [0.5, 0.6) is 0 Å². The lowest BCUT2D eigenvalue weighted by Crippen LogP contribution is -2.65. The Morgan fingerprint density at radius 1 is 1.23 bits per heavy atom. The molecule has 1 saturated heterocycles. The van der Waals surface area contributed by atoms with Gasteiger partial charge in [-0.3, -0.25) is 14.5 Å². The number of hydrogen-bond donors (Lipinski definition) is 1. The topological polar surface area (TPSA) is 96.8 Å². The first kappa shape index (κ1) is 17.7. The number of nitrogens with zero attached hydrogens (tertiary/aromatic N) is 5. The number of aliphatic imine (C=N–C) groups is 1. The van der Waals surface area contributed by atoms with Crippen molar-refractivity contribution in [2.75, 3.05) is 32.1 Å². The largest absolute Gasteiger partial charge is 0.480 e. The van der Waals surface area contributed by atoms with Crippen molar-refractivity contribution >= 4 is 29.6 Å². The Bertz CT molecular complexity index is 766. The highest BCUT2D eigenvalue weighted by atomic mass is 16.4. The van der Waals surface area contributed by atoms with Gasteiger partial charge in [0.1, 0.15) is 6.54 Å². The van der Waals surface area contributed by atoms with Crippen molar-refractivity contribution in [3.63, 3.8) is 0 Å². The van der Waals surface area contributed by atoms with E-state index in [-0.39, 0.29) is 6.54 Å². The van der Waals surface area contributed by atoms with Crippen LogP contribution in [0.1, 0.15) is 6.92 Å². The second-order valence-electron chi connectivity index (χ2n) is 6.18. The first-order valence-corrected chi connectivity index (χ1v) is 8.30. The normalized spacial score (nSPS) is 22.4. The van der Waals surface area contributed by atoms with Gasteiger partial charge in [-0.1, -0.05) is 18.2 Å². The summed E-state index contributed by atoms with van der Waals surface area (Å²) in [5.41, 5.74) is 0.831. The van der Waals surface area contributed by atoms with Crippen LogP contribution in [0, 0.1) is 0 Å². The molecule has 3 rings (SSSR count). The van der Waals surface area contributed by atoms with Gasteiger partial charge in [0.25, 0.3) is 5.91 Å². The van der Waals surface area contributed by atoms with Crippen molar-refractivity contribution in [3.8, 4) is 0 Å². The second-order valence-corrected chi connectivity index (χ2v) is 6.18. The Kier molecular flexibility index (Phi) is 4.54. The average molecular weight is 359 g/mol. The predicted octanol–water partition coefficient (Wildman–Crippen LogP) is 0.488. The molecule has 2 heterocycles. The number of para-hydroxylation sites is 1. The summed E-state index contributed by atoms with van der Waals surface area (Å²) >= 11 is 0. The third-order valence-corrected chi connectivity index (χ3v) is 4.62. The molecule has 0 saturated carbocycles. The Morgan fingerprint density at radius 2 is 1.88 bits per heavy atom. The van der Waals surface area contributed by atoms with E-state index in [1.165, 1.54) is 16.8 Å². The van der Waals surface area contributed by atoms with E-state index in [1.54, 1.807) is 7.05 Å². The fourth-order valence-electron chi connectivity index (χ4n) is 3.34. The fraction of sp³-hybridized carbons (Fsp3) is 0.412. The third-order valence-electron chi connectivity index (χ3n) is 4.62. The summed E-state index contributed by atoms with van der Waals surface area (Å²) in [7, 11) is 2.95. The maximum Gasteiger partial charge on any atom is 0.328 e. The van der Waals surface area contributed by atoms with Crippen molar-refractivity contribution in [2.45, 2.75) is 19.1 Å². The maximum atomic E-state index is 12.7. The highest BCUT2D eigenvalue weighted by Gasteiger charge is 2.52. The zero-order valence-electron chi connectivity index (χ0n) is 14.9. The molecule has 2 atom stereocenters. The highest BCUT2D eigenvalue weighted by molar-refractivity contribution is 6.07. The molecule has 2 aliphatic heterocycles. The van der Waals surface area contributed by atoms with Gasteiger partial charge in [0, 0.05) is 26.3 Å². The Morgan fingerprint density at radius 3 is 2.46 bits per heavy atom. The molecule has 138 valence electrons. The van der Waals surface area contributed by atoms with Crippen LogP contribution in [0.3, 0.4) is 0 Å². The maximum absolute atomic E-state index is 12.7. The summed E-state index contributed by atoms with van der Waals surface area (Å²) < 4.78 is 0. The minimum Gasteiger partial charge on any atom is -0.480 e. The monoisotopic (exact) mass is 359 g/mol. The number of carbonyl (C=O) groups excluding carboxylic acids is 2. The first-order chi connectivity index (χ1) is 12.4. The smallest absolute Gasteiger partial charge is 0.328 e. The number of rotatable bonds is 4. The van der Waals surface area contributed by atoms with E-state index in [2.05, 4.69) is 4.99 Å². The van der Waals surface area contributed by atoms with E-state index >= 15 is 0 Å². The van der Waals surface area contributed by atoms with Crippen LogP contribution >= 0.6 is 0 Å². The number of benzene rings is 1. The summed E-state index contributed by atoms with van der Waals surface area (Å²) in [6, 6.07) is 8.08. The number of carboxylic acids is 1. The standard InChI is InChI=1S/C17H21N5O4/c1-4-21(11-8-6-5-7-9-11)16-18-14-13(22(16)10-12(23)24)15(25)20(3)17(26)19(14)2/h5-9,13-14H,4,10H2,1-3H3,(H,23,24). The van der Waals surface area contributed by atoms with Crippen LogP contribution in [0.2, 0.25) is 0 Å². The van der Waals surface area contributed by atoms with Gasteiger partial charge in [-0.2, -0.15) is 0 Å². The lowest BCUT2D eigenvalue weighted by atomic mass is 10.1. The second kappa shape index (κ2) is 6.66. The summed E-state index contributed by atoms with van der Waals surface area (Å²) in [4.78, 5) is 46.6. The number of fused-ring (bicyclic) bond motifs is 1. The van der Waals surface area contributed by atoms with Crippen molar-refractivity contribution in [1.29, 1.82) is 0 Å². The molecule has 2 unspecified atom stereocenters. The van der Waals surface area contributed by atoms with Crippen molar-refractivity contribution in [2.24, 2.45) is 4.99 Å². The molecule has 2 aliphatic rings. The predicted molar refractivity (Wildman–Crippen MR) is 94.7 cm³/mol. The molecule has 0 radical (unpaired) electrons. The molecule has 9 heteroatoms. The number of anilines is 1. The van der Waals surface area contributed by atoms with E-state index in [0.29, 0.717) is 12.5 Å². The molecule has 3 amide bonds. The highest BCUT2D eigenvalue weighted by Crippen LogP contribution is 2.29. The molecular weight excluding hydrogens is 338 g/mol. The van der Waals surface area contributed by atoms with E-state index in [4.69, 9.17) is 0 Å². The van der Waals surface area contributed by atoms with Crippen molar-refractivity contribution in [3.05, 3.63) is 30.3 Å². The number of aliphatic carboxylic acids is 1. The molecule has 26 heavy (non-hydrogen) atoms. The minimum atomic E-state index is -1.07. The molecule has 1 aromatic carbocycles. The molecule has 0 bridgehead atoms. The van der Waals surface area contributed by atoms with Gasteiger partial charge in [0.2, 0.25) is 5.96 Å². The van der Waals surface area contributed by atoms with Gasteiger partial charge >= 0.3 is 12.0 Å².